The lowest BCUT2D eigenvalue weighted by Gasteiger charge is -2.41. The number of hydrogen-bond donors (Lipinski definition) is 1. The van der Waals surface area contributed by atoms with Gasteiger partial charge in [0.05, 0.1) is 46.4 Å². The van der Waals surface area contributed by atoms with Crippen LogP contribution in [0.3, 0.4) is 0 Å². The minimum Gasteiger partial charge on any atom is -0.382 e. The number of nitrogens with zero attached hydrogens (tertiary/aromatic N) is 6. The molecular weight excluding hydrogens is 482 g/mol. The maximum atomic E-state index is 15.1. The van der Waals surface area contributed by atoms with Crippen LogP contribution < -0.4 is 5.73 Å². The lowest BCUT2D eigenvalue weighted by molar-refractivity contribution is -0.137. The van der Waals surface area contributed by atoms with Crippen molar-refractivity contribution in [2.45, 2.75) is 19.1 Å². The van der Waals surface area contributed by atoms with Crippen molar-refractivity contribution in [3.63, 3.8) is 0 Å². The fourth-order valence-electron chi connectivity index (χ4n) is 4.35. The van der Waals surface area contributed by atoms with Gasteiger partial charge in [-0.25, -0.2) is 14.4 Å². The summed E-state index contributed by atoms with van der Waals surface area (Å²) in [7, 11) is 0. The van der Waals surface area contributed by atoms with E-state index in [4.69, 9.17) is 5.73 Å². The van der Waals surface area contributed by atoms with Gasteiger partial charge in [0.1, 0.15) is 17.2 Å². The second-order valence-electron chi connectivity index (χ2n) is 8.42. The number of anilines is 1. The number of benzene rings is 1. The maximum absolute atomic E-state index is 15.1. The van der Waals surface area contributed by atoms with Gasteiger partial charge in [0.25, 0.3) is 5.91 Å². The molecule has 0 bridgehead atoms. The molecule has 1 aliphatic rings. The van der Waals surface area contributed by atoms with Crippen molar-refractivity contribution in [3.05, 3.63) is 65.6 Å². The van der Waals surface area contributed by atoms with Crippen molar-refractivity contribution in [1.29, 1.82) is 0 Å². The molecular formula is C23H19F4N7O2. The average molecular weight is 501 g/mol. The van der Waals surface area contributed by atoms with E-state index in [1.807, 2.05) is 0 Å². The van der Waals surface area contributed by atoms with Crippen molar-refractivity contribution in [2.24, 2.45) is 0 Å². The minimum atomic E-state index is -4.58. The minimum absolute atomic E-state index is 0.00149. The average Bonchev–Trinajstić information content (AvgIpc) is 3.33. The zero-order valence-corrected chi connectivity index (χ0v) is 18.8. The van der Waals surface area contributed by atoms with E-state index >= 15 is 4.39 Å². The second kappa shape index (κ2) is 8.43. The van der Waals surface area contributed by atoms with Gasteiger partial charge in [-0.2, -0.15) is 13.2 Å². The lowest BCUT2D eigenvalue weighted by atomic mass is 10.0. The molecule has 4 aromatic rings. The Labute approximate surface area is 201 Å². The van der Waals surface area contributed by atoms with Crippen molar-refractivity contribution < 1.29 is 27.2 Å². The highest BCUT2D eigenvalue weighted by Crippen LogP contribution is 2.32. The molecule has 0 aliphatic carbocycles. The van der Waals surface area contributed by atoms with E-state index in [0.717, 1.165) is 18.2 Å². The van der Waals surface area contributed by atoms with E-state index in [2.05, 4.69) is 15.0 Å². The first-order valence-corrected chi connectivity index (χ1v) is 10.8. The summed E-state index contributed by atoms with van der Waals surface area (Å²) >= 11 is 0. The molecule has 1 saturated heterocycles. The van der Waals surface area contributed by atoms with E-state index in [9.17, 15) is 22.8 Å². The standard InChI is InChI=1S/C23H19F4N7O2/c1-12(35)32-4-5-33(20(10-32)16-3-2-13(8-30-16)23(25,26)27)22(36)14-6-18-17(7-15(14)24)31-21(28)19-9-29-11-34(18)19/h2-3,6-9,11,20H,4-5,10H2,1H3,(H2,28,31). The molecule has 1 aliphatic heterocycles. The fraction of sp³-hybridized carbons (Fsp3) is 0.261. The van der Waals surface area contributed by atoms with Crippen LogP contribution >= 0.6 is 0 Å². The van der Waals surface area contributed by atoms with Crippen LogP contribution in [-0.4, -0.2) is 60.6 Å². The summed E-state index contributed by atoms with van der Waals surface area (Å²) < 4.78 is 55.8. The lowest BCUT2D eigenvalue weighted by Crippen LogP contribution is -2.52. The predicted octanol–water partition coefficient (Wildman–Crippen LogP) is 3.06. The number of aromatic nitrogens is 4. The Morgan fingerprint density at radius 2 is 1.89 bits per heavy atom. The first kappa shape index (κ1) is 23.5. The van der Waals surface area contributed by atoms with Crippen molar-refractivity contribution >= 4 is 34.2 Å². The van der Waals surface area contributed by atoms with Gasteiger partial charge in [-0.3, -0.25) is 19.0 Å². The van der Waals surface area contributed by atoms with Crippen LogP contribution in [0, 0.1) is 5.82 Å². The summed E-state index contributed by atoms with van der Waals surface area (Å²) in [6, 6.07) is 3.57. The number of halogens is 4. The molecule has 1 atom stereocenters. The molecule has 0 spiro atoms. The number of carbonyl (C=O) groups is 2. The Morgan fingerprint density at radius 1 is 1.11 bits per heavy atom. The number of nitrogens with two attached hydrogens (primary N) is 1. The maximum Gasteiger partial charge on any atom is 0.417 e. The molecule has 0 saturated carbocycles. The number of fused-ring (bicyclic) bond motifs is 3. The molecule has 13 heteroatoms. The van der Waals surface area contributed by atoms with Gasteiger partial charge < -0.3 is 15.5 Å². The van der Waals surface area contributed by atoms with Crippen LogP contribution in [-0.2, 0) is 11.0 Å². The van der Waals surface area contributed by atoms with Crippen molar-refractivity contribution in [2.75, 3.05) is 25.4 Å². The van der Waals surface area contributed by atoms with Crippen molar-refractivity contribution in [3.8, 4) is 0 Å². The molecule has 0 radical (unpaired) electrons. The number of piperazine rings is 1. The van der Waals surface area contributed by atoms with E-state index in [-0.39, 0.29) is 48.1 Å². The number of imidazole rings is 1. The monoisotopic (exact) mass is 501 g/mol. The quantitative estimate of drug-likeness (QED) is 0.423. The van der Waals surface area contributed by atoms with Crippen LogP contribution in [0.5, 0.6) is 0 Å². The smallest absolute Gasteiger partial charge is 0.382 e. The van der Waals surface area contributed by atoms with E-state index < -0.39 is 29.5 Å². The zero-order valence-electron chi connectivity index (χ0n) is 18.8. The number of nitrogen functional groups attached to an aromatic ring is 1. The van der Waals surface area contributed by atoms with Crippen LogP contribution in [0.25, 0.3) is 16.6 Å². The summed E-state index contributed by atoms with van der Waals surface area (Å²) in [5.74, 6) is -1.66. The molecule has 4 heterocycles. The van der Waals surface area contributed by atoms with Crippen LogP contribution in [0.4, 0.5) is 23.4 Å². The Kier molecular flexibility index (Phi) is 5.49. The van der Waals surface area contributed by atoms with Gasteiger partial charge in [-0.1, -0.05) is 0 Å². The van der Waals surface area contributed by atoms with Gasteiger partial charge in [0.15, 0.2) is 0 Å². The van der Waals surface area contributed by atoms with Gasteiger partial charge in [0.2, 0.25) is 5.91 Å². The molecule has 2 N–H and O–H groups in total. The molecule has 1 unspecified atom stereocenters. The largest absolute Gasteiger partial charge is 0.417 e. The van der Waals surface area contributed by atoms with E-state index in [1.165, 1.54) is 35.3 Å². The first-order chi connectivity index (χ1) is 17.0. The third-order valence-corrected chi connectivity index (χ3v) is 6.24. The highest BCUT2D eigenvalue weighted by Gasteiger charge is 2.36. The highest BCUT2D eigenvalue weighted by atomic mass is 19.4. The van der Waals surface area contributed by atoms with Crippen molar-refractivity contribution in [1.82, 2.24) is 29.2 Å². The van der Waals surface area contributed by atoms with Gasteiger partial charge in [-0.15, -0.1) is 0 Å². The zero-order chi connectivity index (χ0) is 25.8. The third kappa shape index (κ3) is 3.95. The number of amides is 2. The second-order valence-corrected chi connectivity index (χ2v) is 8.42. The summed E-state index contributed by atoms with van der Waals surface area (Å²) in [6.45, 7) is 1.56. The number of rotatable bonds is 2. The Hall–Kier alpha value is -4.29. The number of carbonyl (C=O) groups excluding carboxylic acids is 2. The molecule has 36 heavy (non-hydrogen) atoms. The number of pyridine rings is 1. The van der Waals surface area contributed by atoms with Gasteiger partial charge in [0, 0.05) is 38.8 Å². The molecule has 9 nitrogen and oxygen atoms in total. The molecule has 3 aromatic heterocycles. The van der Waals surface area contributed by atoms with E-state index in [0.29, 0.717) is 17.2 Å². The first-order valence-electron chi connectivity index (χ1n) is 10.8. The number of alkyl halides is 3. The van der Waals surface area contributed by atoms with Crippen LogP contribution in [0.2, 0.25) is 0 Å². The molecule has 186 valence electrons. The number of hydrogen-bond acceptors (Lipinski definition) is 6. The van der Waals surface area contributed by atoms with Gasteiger partial charge >= 0.3 is 6.18 Å². The Morgan fingerprint density at radius 3 is 2.56 bits per heavy atom. The summed E-state index contributed by atoms with van der Waals surface area (Å²) in [5, 5.41) is 0. The Bertz CT molecular complexity index is 1500. The van der Waals surface area contributed by atoms with Crippen LogP contribution in [0.1, 0.15) is 34.6 Å². The summed E-state index contributed by atoms with van der Waals surface area (Å²) in [5.41, 5.74) is 5.94. The summed E-state index contributed by atoms with van der Waals surface area (Å²) in [4.78, 5) is 40.5. The highest BCUT2D eigenvalue weighted by molar-refractivity contribution is 5.99. The normalized spacial score (nSPS) is 16.6. The fourth-order valence-corrected chi connectivity index (χ4v) is 4.35. The molecule has 1 fully saturated rings. The molecule has 5 rings (SSSR count). The third-order valence-electron chi connectivity index (χ3n) is 6.24. The topological polar surface area (TPSA) is 110 Å². The van der Waals surface area contributed by atoms with Gasteiger partial charge in [-0.05, 0) is 18.2 Å². The Balaban J connectivity index is 1.57. The van der Waals surface area contributed by atoms with E-state index in [1.54, 1.807) is 4.40 Å². The SMILES string of the molecule is CC(=O)N1CCN(C(=O)c2cc3c(cc2F)nc(N)c2cncn23)C(c2ccc(C(F)(F)F)cn2)C1. The summed E-state index contributed by atoms with van der Waals surface area (Å²) in [6.07, 6.45) is -0.959. The predicted molar refractivity (Wildman–Crippen MR) is 120 cm³/mol. The molecule has 2 amide bonds. The molecule has 1 aromatic carbocycles. The van der Waals surface area contributed by atoms with Crippen LogP contribution in [0.15, 0.2) is 43.0 Å².